The summed E-state index contributed by atoms with van der Waals surface area (Å²) in [5, 5.41) is 1.05. The minimum absolute atomic E-state index is 0.201. The Morgan fingerprint density at radius 1 is 1.35 bits per heavy atom. The van der Waals surface area contributed by atoms with Crippen molar-refractivity contribution in [3.05, 3.63) is 36.5 Å². The van der Waals surface area contributed by atoms with Gasteiger partial charge < -0.3 is 9.80 Å². The van der Waals surface area contributed by atoms with Crippen LogP contribution in [0.5, 0.6) is 0 Å². The number of fused-ring (bicyclic) bond motifs is 3. The smallest absolute Gasteiger partial charge is 0.219 e. The number of carbonyl (C=O) groups excluding carboxylic acids is 1. The molecule has 2 atom stereocenters. The van der Waals surface area contributed by atoms with E-state index in [1.165, 1.54) is 5.69 Å². The van der Waals surface area contributed by atoms with Gasteiger partial charge in [0.1, 0.15) is 0 Å². The van der Waals surface area contributed by atoms with Gasteiger partial charge in [-0.3, -0.25) is 9.78 Å². The Morgan fingerprint density at radius 3 is 3.00 bits per heavy atom. The predicted molar refractivity (Wildman–Crippen MR) is 77.5 cm³/mol. The molecule has 101 valence electrons. The largest absolute Gasteiger partial charge is 0.365 e. The molecule has 0 N–H and O–H groups in total. The highest BCUT2D eigenvalue weighted by molar-refractivity contribution is 5.82. The van der Waals surface area contributed by atoms with Gasteiger partial charge >= 0.3 is 0 Å². The maximum atomic E-state index is 11.5. The number of piperazine rings is 1. The molecule has 2 aromatic rings. The average molecular weight is 266 g/mol. The third kappa shape index (κ3) is 1.68. The summed E-state index contributed by atoms with van der Waals surface area (Å²) in [6.07, 6.45) is 2.87. The van der Waals surface area contributed by atoms with Crippen LogP contribution in [0.3, 0.4) is 0 Å². The Morgan fingerprint density at radius 2 is 2.25 bits per heavy atom. The standard InChI is InChI=1S/C16H16N3O/c1-11(20)18-9-15-7-14(18)10-19(15)13-5-4-12-3-2-6-17-16(12)8-13/h2,4-6,8,14-15H,7,9-10H2,1H3. The Bertz CT molecular complexity index is 684. The average Bonchev–Trinajstić information content (AvgIpc) is 3.07. The number of hydrogen-bond acceptors (Lipinski definition) is 3. The molecule has 3 heterocycles. The first kappa shape index (κ1) is 11.7. The summed E-state index contributed by atoms with van der Waals surface area (Å²) in [6, 6.07) is 12.2. The molecule has 0 saturated carbocycles. The number of aromatic nitrogens is 1. The van der Waals surface area contributed by atoms with E-state index in [0.29, 0.717) is 12.1 Å². The second-order valence-corrected chi connectivity index (χ2v) is 5.66. The van der Waals surface area contributed by atoms with Crippen molar-refractivity contribution < 1.29 is 4.79 Å². The second-order valence-electron chi connectivity index (χ2n) is 5.66. The first-order chi connectivity index (χ1) is 9.72. The first-order valence-corrected chi connectivity index (χ1v) is 7.03. The van der Waals surface area contributed by atoms with Gasteiger partial charge in [0.05, 0.1) is 11.6 Å². The van der Waals surface area contributed by atoms with Crippen molar-refractivity contribution in [2.45, 2.75) is 25.4 Å². The van der Waals surface area contributed by atoms with Crippen LogP contribution in [-0.2, 0) is 4.79 Å². The molecular weight excluding hydrogens is 250 g/mol. The highest BCUT2D eigenvalue weighted by atomic mass is 16.2. The van der Waals surface area contributed by atoms with Crippen LogP contribution >= 0.6 is 0 Å². The Kier molecular flexibility index (Phi) is 2.46. The van der Waals surface area contributed by atoms with E-state index in [0.717, 1.165) is 30.4 Å². The normalized spacial score (nSPS) is 24.6. The Labute approximate surface area is 118 Å². The molecule has 4 nitrogen and oxygen atoms in total. The SMILES string of the molecule is CC(=O)N1CC2CC1CN2c1ccc2[c]ccnc2c1. The lowest BCUT2D eigenvalue weighted by molar-refractivity contribution is -0.129. The van der Waals surface area contributed by atoms with Crippen molar-refractivity contribution in [2.75, 3.05) is 18.0 Å². The minimum atomic E-state index is 0.201. The molecular formula is C16H16N3O. The fraction of sp³-hybridized carbons (Fsp3) is 0.375. The van der Waals surface area contributed by atoms with Crippen molar-refractivity contribution in [3.8, 4) is 0 Å². The van der Waals surface area contributed by atoms with E-state index >= 15 is 0 Å². The lowest BCUT2D eigenvalue weighted by Gasteiger charge is -2.35. The number of hydrogen-bond donors (Lipinski definition) is 0. The van der Waals surface area contributed by atoms with E-state index in [1.54, 1.807) is 13.1 Å². The number of benzene rings is 1. The number of amides is 1. The van der Waals surface area contributed by atoms with Crippen molar-refractivity contribution in [1.29, 1.82) is 0 Å². The molecule has 1 amide bonds. The molecule has 2 aliphatic rings. The molecule has 2 saturated heterocycles. The van der Waals surface area contributed by atoms with Crippen molar-refractivity contribution in [2.24, 2.45) is 0 Å². The van der Waals surface area contributed by atoms with Gasteiger partial charge in [-0.2, -0.15) is 0 Å². The van der Waals surface area contributed by atoms with Gasteiger partial charge in [0.2, 0.25) is 5.91 Å². The number of anilines is 1. The molecule has 0 spiro atoms. The van der Waals surface area contributed by atoms with Crippen LogP contribution in [0.25, 0.3) is 10.9 Å². The van der Waals surface area contributed by atoms with E-state index in [-0.39, 0.29) is 5.91 Å². The molecule has 1 aromatic heterocycles. The number of likely N-dealkylation sites (tertiary alicyclic amines) is 1. The molecule has 2 aliphatic heterocycles. The molecule has 20 heavy (non-hydrogen) atoms. The highest BCUT2D eigenvalue weighted by Crippen LogP contribution is 2.35. The van der Waals surface area contributed by atoms with E-state index in [1.807, 2.05) is 11.0 Å². The fourth-order valence-electron chi connectivity index (χ4n) is 3.54. The van der Waals surface area contributed by atoms with Gasteiger partial charge in [0.15, 0.2) is 0 Å². The topological polar surface area (TPSA) is 36.4 Å². The van der Waals surface area contributed by atoms with Crippen molar-refractivity contribution >= 4 is 22.5 Å². The van der Waals surface area contributed by atoms with Gasteiger partial charge in [0, 0.05) is 43.3 Å². The Balaban J connectivity index is 1.64. The lowest BCUT2D eigenvalue weighted by Crippen LogP contribution is -2.48. The maximum Gasteiger partial charge on any atom is 0.219 e. The number of carbonyl (C=O) groups is 1. The quantitative estimate of drug-likeness (QED) is 0.790. The van der Waals surface area contributed by atoms with Crippen LogP contribution in [-0.4, -0.2) is 41.0 Å². The molecule has 2 unspecified atom stereocenters. The minimum Gasteiger partial charge on any atom is -0.365 e. The summed E-state index contributed by atoms with van der Waals surface area (Å²) in [7, 11) is 0. The molecule has 2 bridgehead atoms. The van der Waals surface area contributed by atoms with Gasteiger partial charge in [-0.25, -0.2) is 0 Å². The third-order valence-electron chi connectivity index (χ3n) is 4.49. The summed E-state index contributed by atoms with van der Waals surface area (Å²) < 4.78 is 0. The summed E-state index contributed by atoms with van der Waals surface area (Å²) in [5.41, 5.74) is 2.19. The monoisotopic (exact) mass is 266 g/mol. The summed E-state index contributed by atoms with van der Waals surface area (Å²) in [6.45, 7) is 3.46. The summed E-state index contributed by atoms with van der Waals surface area (Å²) >= 11 is 0. The third-order valence-corrected chi connectivity index (χ3v) is 4.49. The van der Waals surface area contributed by atoms with Gasteiger partial charge in [-0.1, -0.05) is 6.07 Å². The highest BCUT2D eigenvalue weighted by Gasteiger charge is 2.44. The fourth-order valence-corrected chi connectivity index (χ4v) is 3.54. The van der Waals surface area contributed by atoms with E-state index in [9.17, 15) is 4.79 Å². The van der Waals surface area contributed by atoms with Gasteiger partial charge in [0.25, 0.3) is 0 Å². The van der Waals surface area contributed by atoms with Crippen LogP contribution in [0.2, 0.25) is 0 Å². The predicted octanol–water partition coefficient (Wildman–Crippen LogP) is 1.84. The number of nitrogens with zero attached hydrogens (tertiary/aromatic N) is 3. The molecule has 0 aliphatic carbocycles. The van der Waals surface area contributed by atoms with Crippen molar-refractivity contribution in [1.82, 2.24) is 9.88 Å². The second kappa shape index (κ2) is 4.20. The molecule has 1 radical (unpaired) electrons. The van der Waals surface area contributed by atoms with Gasteiger partial charge in [-0.15, -0.1) is 0 Å². The first-order valence-electron chi connectivity index (χ1n) is 7.03. The lowest BCUT2D eigenvalue weighted by atomic mass is 10.1. The summed E-state index contributed by atoms with van der Waals surface area (Å²) in [5.74, 6) is 0.201. The van der Waals surface area contributed by atoms with Crippen LogP contribution in [0.1, 0.15) is 13.3 Å². The van der Waals surface area contributed by atoms with Gasteiger partial charge in [-0.05, 0) is 30.7 Å². The van der Waals surface area contributed by atoms with Crippen LogP contribution in [0.15, 0.2) is 30.5 Å². The van der Waals surface area contributed by atoms with E-state index in [4.69, 9.17) is 0 Å². The van der Waals surface area contributed by atoms with Crippen LogP contribution < -0.4 is 4.90 Å². The molecule has 4 rings (SSSR count). The molecule has 2 fully saturated rings. The van der Waals surface area contributed by atoms with E-state index < -0.39 is 0 Å². The number of pyridine rings is 1. The number of rotatable bonds is 1. The molecule has 1 aromatic carbocycles. The Hall–Kier alpha value is -2.10. The van der Waals surface area contributed by atoms with E-state index in [2.05, 4.69) is 34.1 Å². The zero-order valence-electron chi connectivity index (χ0n) is 11.4. The van der Waals surface area contributed by atoms with Crippen LogP contribution in [0, 0.1) is 6.07 Å². The maximum absolute atomic E-state index is 11.5. The molecule has 4 heteroatoms. The van der Waals surface area contributed by atoms with Crippen molar-refractivity contribution in [3.63, 3.8) is 0 Å². The van der Waals surface area contributed by atoms with Crippen LogP contribution in [0.4, 0.5) is 5.69 Å². The zero-order valence-corrected chi connectivity index (χ0v) is 11.4. The summed E-state index contributed by atoms with van der Waals surface area (Å²) in [4.78, 5) is 20.4. The zero-order chi connectivity index (χ0) is 13.7.